The normalized spacial score (nSPS) is 38.6. The molecule has 2 saturated heterocycles. The second kappa shape index (κ2) is 3.67. The number of nitrogens with zero attached hydrogens (tertiary/aromatic N) is 2. The molecule has 0 aromatic carbocycles. The molecule has 0 saturated carbocycles. The molecule has 2 aliphatic rings. The van der Waals surface area contributed by atoms with Crippen molar-refractivity contribution in [2.75, 3.05) is 0 Å². The van der Waals surface area contributed by atoms with Crippen LogP contribution in [0.5, 0.6) is 0 Å². The molecule has 94 valence electrons. The Hall–Kier alpha value is -0.160. The molecule has 0 aliphatic carbocycles. The van der Waals surface area contributed by atoms with E-state index in [2.05, 4.69) is 62.4 Å². The zero-order valence-corrected chi connectivity index (χ0v) is 11.5. The van der Waals surface area contributed by atoms with Crippen LogP contribution >= 0.6 is 0 Å². The van der Waals surface area contributed by atoms with Gasteiger partial charge >= 0.3 is 0 Å². The molecule has 2 fully saturated rings. The summed E-state index contributed by atoms with van der Waals surface area (Å²) in [6.45, 7) is 13.5. The predicted octanol–water partition coefficient (Wildman–Crippen LogP) is 1.66. The highest BCUT2D eigenvalue weighted by Gasteiger charge is 2.45. The van der Waals surface area contributed by atoms with Gasteiger partial charge in [0, 0.05) is 11.1 Å². The van der Waals surface area contributed by atoms with Crippen molar-refractivity contribution in [2.45, 2.75) is 77.8 Å². The number of hydrogen-bond donors (Lipinski definition) is 2. The summed E-state index contributed by atoms with van der Waals surface area (Å²) in [5, 5.41) is 4.69. The minimum Gasteiger partial charge on any atom is -0.235 e. The summed E-state index contributed by atoms with van der Waals surface area (Å²) >= 11 is 0. The number of hydrogen-bond acceptors (Lipinski definition) is 4. The van der Waals surface area contributed by atoms with Crippen LogP contribution in [0.3, 0.4) is 0 Å². The van der Waals surface area contributed by atoms with Crippen LogP contribution in [0.25, 0.3) is 0 Å². The third-order valence-corrected chi connectivity index (χ3v) is 3.22. The summed E-state index contributed by atoms with van der Waals surface area (Å²) in [4.78, 5) is 0. The van der Waals surface area contributed by atoms with Crippen molar-refractivity contribution in [1.82, 2.24) is 20.9 Å². The SMILES string of the molecule is CC(C)(C)N1NC1CCC1NN1C(C)(C)C. The van der Waals surface area contributed by atoms with Gasteiger partial charge in [0.05, 0.1) is 12.3 Å². The molecule has 4 nitrogen and oxygen atoms in total. The minimum atomic E-state index is 0.255. The largest absolute Gasteiger partial charge is 0.235 e. The Morgan fingerprint density at radius 2 is 1.06 bits per heavy atom. The van der Waals surface area contributed by atoms with E-state index < -0.39 is 0 Å². The Kier molecular flexibility index (Phi) is 2.82. The van der Waals surface area contributed by atoms with E-state index in [4.69, 9.17) is 0 Å². The van der Waals surface area contributed by atoms with Crippen molar-refractivity contribution < 1.29 is 0 Å². The summed E-state index contributed by atoms with van der Waals surface area (Å²) in [5.74, 6) is 0. The van der Waals surface area contributed by atoms with Crippen molar-refractivity contribution in [2.24, 2.45) is 0 Å². The van der Waals surface area contributed by atoms with Gasteiger partial charge in [-0.2, -0.15) is 0 Å². The maximum absolute atomic E-state index is 3.43. The molecular weight excluding hydrogens is 200 g/mol. The van der Waals surface area contributed by atoms with E-state index >= 15 is 0 Å². The van der Waals surface area contributed by atoms with Gasteiger partial charge in [-0.3, -0.25) is 0 Å². The molecule has 4 heteroatoms. The lowest BCUT2D eigenvalue weighted by Gasteiger charge is -2.19. The quantitative estimate of drug-likeness (QED) is 0.719. The highest BCUT2D eigenvalue weighted by atomic mass is 15.8. The third-order valence-electron chi connectivity index (χ3n) is 3.22. The molecule has 4 atom stereocenters. The lowest BCUT2D eigenvalue weighted by Crippen LogP contribution is -2.29. The van der Waals surface area contributed by atoms with Crippen LogP contribution in [0.2, 0.25) is 0 Å². The zero-order chi connectivity index (χ0) is 12.1. The van der Waals surface area contributed by atoms with Crippen LogP contribution in [0.15, 0.2) is 0 Å². The molecule has 0 radical (unpaired) electrons. The van der Waals surface area contributed by atoms with Gasteiger partial charge in [0.15, 0.2) is 0 Å². The number of nitrogens with one attached hydrogen (secondary N) is 2. The Labute approximate surface area is 99.3 Å². The van der Waals surface area contributed by atoms with Gasteiger partial charge in [-0.05, 0) is 54.4 Å². The van der Waals surface area contributed by atoms with Crippen molar-refractivity contribution in [3.63, 3.8) is 0 Å². The van der Waals surface area contributed by atoms with E-state index in [1.54, 1.807) is 0 Å². The first-order chi connectivity index (χ1) is 7.19. The van der Waals surface area contributed by atoms with E-state index in [0.29, 0.717) is 12.3 Å². The standard InChI is InChI=1S/C12H26N4/c1-11(2,3)15-9(13-15)7-8-10-14-16(10)12(4,5)6/h9-10,13-14H,7-8H2,1-6H3. The molecule has 2 aliphatic heterocycles. The molecule has 0 bridgehead atoms. The van der Waals surface area contributed by atoms with E-state index in [9.17, 15) is 0 Å². The topological polar surface area (TPSA) is 49.9 Å². The van der Waals surface area contributed by atoms with Gasteiger partial charge in [0.25, 0.3) is 0 Å². The highest BCUT2D eigenvalue weighted by Crippen LogP contribution is 2.30. The summed E-state index contributed by atoms with van der Waals surface area (Å²) < 4.78 is 0. The van der Waals surface area contributed by atoms with Crippen molar-refractivity contribution >= 4 is 0 Å². The maximum Gasteiger partial charge on any atom is 0.0871 e. The van der Waals surface area contributed by atoms with Crippen molar-refractivity contribution in [3.05, 3.63) is 0 Å². The van der Waals surface area contributed by atoms with Crippen LogP contribution in [-0.4, -0.2) is 33.4 Å². The second-order valence-electron chi connectivity index (χ2n) is 6.95. The van der Waals surface area contributed by atoms with Crippen LogP contribution in [0.4, 0.5) is 0 Å². The van der Waals surface area contributed by atoms with Gasteiger partial charge in [0.2, 0.25) is 0 Å². The molecule has 4 unspecified atom stereocenters. The van der Waals surface area contributed by atoms with E-state index in [1.807, 2.05) is 0 Å². The first-order valence-corrected chi connectivity index (χ1v) is 6.30. The van der Waals surface area contributed by atoms with E-state index in [0.717, 1.165) is 0 Å². The Balaban J connectivity index is 1.65. The fraction of sp³-hybridized carbons (Fsp3) is 1.00. The van der Waals surface area contributed by atoms with Gasteiger partial charge in [-0.1, -0.05) is 0 Å². The lowest BCUT2D eigenvalue weighted by molar-refractivity contribution is 0.251. The third kappa shape index (κ3) is 2.74. The smallest absolute Gasteiger partial charge is 0.0871 e. The molecule has 0 aromatic rings. The molecule has 16 heavy (non-hydrogen) atoms. The average Bonchev–Trinajstić information content (AvgIpc) is 2.93. The van der Waals surface area contributed by atoms with Gasteiger partial charge in [-0.15, -0.1) is 0 Å². The minimum absolute atomic E-state index is 0.255. The molecule has 0 amide bonds. The molecule has 2 rings (SSSR count). The van der Waals surface area contributed by atoms with Gasteiger partial charge < -0.3 is 0 Å². The predicted molar refractivity (Wildman–Crippen MR) is 66.3 cm³/mol. The zero-order valence-electron chi connectivity index (χ0n) is 11.5. The lowest BCUT2D eigenvalue weighted by atomic mass is 10.1. The van der Waals surface area contributed by atoms with Crippen molar-refractivity contribution in [1.29, 1.82) is 0 Å². The van der Waals surface area contributed by atoms with Crippen LogP contribution in [0, 0.1) is 0 Å². The Bertz CT molecular complexity index is 235. The van der Waals surface area contributed by atoms with Crippen molar-refractivity contribution in [3.8, 4) is 0 Å². The number of hydrazine groups is 2. The monoisotopic (exact) mass is 226 g/mol. The summed E-state index contributed by atoms with van der Waals surface area (Å²) in [7, 11) is 0. The first kappa shape index (κ1) is 12.3. The highest BCUT2D eigenvalue weighted by molar-refractivity contribution is 4.93. The molecule has 0 spiro atoms. The molecular formula is C12H26N4. The van der Waals surface area contributed by atoms with Crippen LogP contribution < -0.4 is 10.9 Å². The van der Waals surface area contributed by atoms with E-state index in [1.165, 1.54) is 12.8 Å². The number of rotatable bonds is 3. The first-order valence-electron chi connectivity index (χ1n) is 6.30. The second-order valence-corrected chi connectivity index (χ2v) is 6.95. The van der Waals surface area contributed by atoms with Crippen LogP contribution in [-0.2, 0) is 0 Å². The Morgan fingerprint density at radius 1 is 0.750 bits per heavy atom. The Morgan fingerprint density at radius 3 is 1.25 bits per heavy atom. The fourth-order valence-electron chi connectivity index (χ4n) is 2.28. The maximum atomic E-state index is 3.43. The summed E-state index contributed by atoms with van der Waals surface area (Å²) in [6.07, 6.45) is 3.62. The van der Waals surface area contributed by atoms with Gasteiger partial charge in [-0.25, -0.2) is 20.9 Å². The van der Waals surface area contributed by atoms with Gasteiger partial charge in [0.1, 0.15) is 0 Å². The average molecular weight is 226 g/mol. The molecule has 2 N–H and O–H groups in total. The van der Waals surface area contributed by atoms with Crippen LogP contribution in [0.1, 0.15) is 54.4 Å². The summed E-state index contributed by atoms with van der Waals surface area (Å²) in [6, 6.07) is 0. The molecule has 2 heterocycles. The van der Waals surface area contributed by atoms with E-state index in [-0.39, 0.29) is 11.1 Å². The fourth-order valence-corrected chi connectivity index (χ4v) is 2.28. The summed E-state index contributed by atoms with van der Waals surface area (Å²) in [5.41, 5.74) is 7.38. The molecule has 0 aromatic heterocycles.